The molecule has 1 N–H and O–H groups in total. The summed E-state index contributed by atoms with van der Waals surface area (Å²) in [5.41, 5.74) is 11.4. The van der Waals surface area contributed by atoms with Gasteiger partial charge in [0.15, 0.2) is 5.84 Å². The SMILES string of the molecule is c1ccc2c(c1)-c1cc3ccccc3cc1CCC2c1cc(C2=NC(c3cccc4sc5ccccc5c34)=NC(c3cccc4ccccc34)N2)c2oc3ccccc3c2c1. The van der Waals surface area contributed by atoms with Crippen LogP contribution in [0.1, 0.15) is 51.9 Å². The molecule has 0 amide bonds. The molecule has 2 aromatic heterocycles. The van der Waals surface area contributed by atoms with Gasteiger partial charge in [-0.2, -0.15) is 0 Å². The van der Waals surface area contributed by atoms with E-state index in [4.69, 9.17) is 14.4 Å². The summed E-state index contributed by atoms with van der Waals surface area (Å²) in [6.07, 6.45) is 1.54. The number of amidine groups is 2. The third-order valence-corrected chi connectivity index (χ3v) is 14.1. The normalized spacial score (nSPS) is 16.4. The van der Waals surface area contributed by atoms with Crippen molar-refractivity contribution < 1.29 is 4.42 Å². The predicted octanol–water partition coefficient (Wildman–Crippen LogP) is 14.5. The van der Waals surface area contributed by atoms with E-state index >= 15 is 0 Å². The van der Waals surface area contributed by atoms with Gasteiger partial charge in [-0.25, -0.2) is 9.98 Å². The van der Waals surface area contributed by atoms with Crippen molar-refractivity contribution in [2.24, 2.45) is 9.98 Å². The van der Waals surface area contributed by atoms with E-state index in [1.165, 1.54) is 64.1 Å². The van der Waals surface area contributed by atoms with Crippen molar-refractivity contribution in [1.29, 1.82) is 0 Å². The first-order chi connectivity index (χ1) is 30.2. The Morgan fingerprint density at radius 3 is 2.13 bits per heavy atom. The lowest BCUT2D eigenvalue weighted by molar-refractivity contribution is 0.660. The molecule has 11 aromatic rings. The molecule has 2 unspecified atom stereocenters. The highest BCUT2D eigenvalue weighted by Crippen LogP contribution is 2.45. The Morgan fingerprint density at radius 2 is 1.21 bits per heavy atom. The molecule has 3 heterocycles. The van der Waals surface area contributed by atoms with Gasteiger partial charge >= 0.3 is 0 Å². The van der Waals surface area contributed by atoms with E-state index in [0.717, 1.165) is 62.7 Å². The summed E-state index contributed by atoms with van der Waals surface area (Å²) >= 11 is 1.82. The van der Waals surface area contributed by atoms with Gasteiger partial charge in [-0.05, 0) is 98.6 Å². The van der Waals surface area contributed by atoms with Gasteiger partial charge in [-0.3, -0.25) is 0 Å². The van der Waals surface area contributed by atoms with Crippen LogP contribution in [0, 0.1) is 0 Å². The summed E-state index contributed by atoms with van der Waals surface area (Å²) in [5, 5.41) is 13.4. The highest BCUT2D eigenvalue weighted by Gasteiger charge is 2.30. The highest BCUT2D eigenvalue weighted by atomic mass is 32.1. The van der Waals surface area contributed by atoms with Gasteiger partial charge in [-0.15, -0.1) is 11.3 Å². The molecule has 2 aliphatic rings. The Hall–Kier alpha value is -7.34. The number of thiophene rings is 1. The van der Waals surface area contributed by atoms with Crippen molar-refractivity contribution >= 4 is 86.7 Å². The van der Waals surface area contributed by atoms with E-state index in [2.05, 4.69) is 187 Å². The maximum Gasteiger partial charge on any atom is 0.160 e. The van der Waals surface area contributed by atoms with Crippen LogP contribution in [-0.2, 0) is 6.42 Å². The molecule has 4 nitrogen and oxygen atoms in total. The smallest absolute Gasteiger partial charge is 0.160 e. The molecular weight excluding hydrogens is 763 g/mol. The average molecular weight is 800 g/mol. The number of para-hydroxylation sites is 1. The fraction of sp³-hybridized carbons (Fsp3) is 0.0714. The number of hydrogen-bond donors (Lipinski definition) is 1. The molecule has 2 atom stereocenters. The topological polar surface area (TPSA) is 49.9 Å². The minimum Gasteiger partial charge on any atom is -0.455 e. The largest absolute Gasteiger partial charge is 0.455 e. The van der Waals surface area contributed by atoms with Crippen molar-refractivity contribution in [3.8, 4) is 11.1 Å². The summed E-state index contributed by atoms with van der Waals surface area (Å²) < 4.78 is 9.35. The maximum atomic E-state index is 6.88. The fourth-order valence-corrected chi connectivity index (χ4v) is 11.3. The Kier molecular flexibility index (Phi) is 7.69. The molecule has 61 heavy (non-hydrogen) atoms. The third-order valence-electron chi connectivity index (χ3n) is 13.0. The molecule has 1 aliphatic carbocycles. The summed E-state index contributed by atoms with van der Waals surface area (Å²) in [6, 6.07) is 66.0. The van der Waals surface area contributed by atoms with Gasteiger partial charge in [0.05, 0.1) is 5.56 Å². The molecule has 0 spiro atoms. The van der Waals surface area contributed by atoms with Crippen molar-refractivity contribution in [3.63, 3.8) is 0 Å². The molecule has 0 radical (unpaired) electrons. The third kappa shape index (κ3) is 5.51. The number of rotatable bonds is 4. The van der Waals surface area contributed by atoms with E-state index in [0.29, 0.717) is 5.84 Å². The first-order valence-corrected chi connectivity index (χ1v) is 21.9. The number of nitrogens with one attached hydrogen (secondary N) is 1. The fourth-order valence-electron chi connectivity index (χ4n) is 10.1. The quantitative estimate of drug-likeness (QED) is 0.193. The van der Waals surface area contributed by atoms with Crippen molar-refractivity contribution in [2.75, 3.05) is 0 Å². The van der Waals surface area contributed by atoms with E-state index in [1.54, 1.807) is 0 Å². The van der Waals surface area contributed by atoms with Crippen molar-refractivity contribution in [2.45, 2.75) is 24.9 Å². The second-order valence-electron chi connectivity index (χ2n) is 16.4. The minimum atomic E-state index is -0.404. The van der Waals surface area contributed by atoms with Crippen LogP contribution in [0.15, 0.2) is 196 Å². The number of aliphatic imine (C=N–C) groups is 2. The van der Waals surface area contributed by atoms with Crippen molar-refractivity contribution in [3.05, 3.63) is 215 Å². The van der Waals surface area contributed by atoms with Crippen LogP contribution in [0.3, 0.4) is 0 Å². The number of aryl methyl sites for hydroxylation is 1. The molecule has 1 aliphatic heterocycles. The van der Waals surface area contributed by atoms with Gasteiger partial charge in [0.25, 0.3) is 0 Å². The molecule has 13 rings (SSSR count). The lowest BCUT2D eigenvalue weighted by Gasteiger charge is -2.26. The van der Waals surface area contributed by atoms with E-state index in [1.807, 2.05) is 11.3 Å². The summed E-state index contributed by atoms with van der Waals surface area (Å²) in [7, 11) is 0. The summed E-state index contributed by atoms with van der Waals surface area (Å²) in [6.45, 7) is 0. The van der Waals surface area contributed by atoms with Gasteiger partial charge in [0.1, 0.15) is 23.2 Å². The average Bonchev–Trinajstić information content (AvgIpc) is 3.85. The monoisotopic (exact) mass is 799 g/mol. The predicted molar refractivity (Wildman–Crippen MR) is 255 cm³/mol. The van der Waals surface area contributed by atoms with Gasteiger partial charge < -0.3 is 9.73 Å². The molecule has 0 fully saturated rings. The Labute approximate surface area is 356 Å². The van der Waals surface area contributed by atoms with E-state index < -0.39 is 6.17 Å². The molecule has 288 valence electrons. The number of furan rings is 1. The first kappa shape index (κ1) is 34.5. The zero-order valence-electron chi connectivity index (χ0n) is 33.1. The van der Waals surface area contributed by atoms with Gasteiger partial charge in [0.2, 0.25) is 0 Å². The molecule has 9 aromatic carbocycles. The maximum absolute atomic E-state index is 6.88. The molecule has 0 bridgehead atoms. The highest BCUT2D eigenvalue weighted by molar-refractivity contribution is 7.25. The Morgan fingerprint density at radius 1 is 0.525 bits per heavy atom. The number of hydrogen-bond acceptors (Lipinski definition) is 5. The summed E-state index contributed by atoms with van der Waals surface area (Å²) in [4.78, 5) is 11.0. The molecule has 5 heteroatoms. The summed E-state index contributed by atoms with van der Waals surface area (Å²) in [5.74, 6) is 1.60. The van der Waals surface area contributed by atoms with Crippen LogP contribution >= 0.6 is 11.3 Å². The van der Waals surface area contributed by atoms with Gasteiger partial charge in [0, 0.05) is 48.0 Å². The molecule has 0 saturated carbocycles. The van der Waals surface area contributed by atoms with Crippen LogP contribution in [0.4, 0.5) is 0 Å². The van der Waals surface area contributed by atoms with E-state index in [-0.39, 0.29) is 5.92 Å². The van der Waals surface area contributed by atoms with Crippen LogP contribution < -0.4 is 5.32 Å². The van der Waals surface area contributed by atoms with Crippen LogP contribution in [0.5, 0.6) is 0 Å². The van der Waals surface area contributed by atoms with Crippen molar-refractivity contribution in [1.82, 2.24) is 5.32 Å². The standard InChI is InChI=1S/C56H37N3OS/c1-2-15-35-30-46-36(29-34(35)14-1)27-28-39(40-18-5-6-19-41(40)46)37-31-47-42-20-7-9-24-49(42)60-53(47)48(32-37)56-58-54(43-22-11-16-33-13-3-4-17-38(33)43)57-55(59-56)45-23-12-26-51-52(45)44-21-8-10-25-50(44)61-51/h1-26,29-32,39,54H,27-28H2,(H,57,58,59). The van der Waals surface area contributed by atoms with Gasteiger partial charge in [-0.1, -0.05) is 146 Å². The zero-order valence-corrected chi connectivity index (χ0v) is 33.9. The van der Waals surface area contributed by atoms with E-state index in [9.17, 15) is 0 Å². The minimum absolute atomic E-state index is 0.139. The van der Waals surface area contributed by atoms with Crippen LogP contribution in [-0.4, -0.2) is 11.7 Å². The number of fused-ring (bicyclic) bond motifs is 11. The first-order valence-electron chi connectivity index (χ1n) is 21.1. The number of nitrogens with zero attached hydrogens (tertiary/aromatic N) is 2. The second-order valence-corrected chi connectivity index (χ2v) is 17.5. The zero-order chi connectivity index (χ0) is 40.0. The molecular formula is C56H37N3OS. The lowest BCUT2D eigenvalue weighted by Crippen LogP contribution is -2.34. The second kappa shape index (κ2) is 13.6. The Balaban J connectivity index is 1.05. The molecule has 0 saturated heterocycles. The number of benzene rings is 9. The Bertz CT molecular complexity index is 3660. The van der Waals surface area contributed by atoms with Crippen LogP contribution in [0.2, 0.25) is 0 Å². The lowest BCUT2D eigenvalue weighted by atomic mass is 9.84. The van der Waals surface area contributed by atoms with Crippen LogP contribution in [0.25, 0.3) is 74.8 Å².